The quantitative estimate of drug-likeness (QED) is 0.787. The van der Waals surface area contributed by atoms with Gasteiger partial charge in [-0.05, 0) is 32.0 Å². The molecule has 106 valence electrons. The predicted octanol–water partition coefficient (Wildman–Crippen LogP) is 0.260. The van der Waals surface area contributed by atoms with E-state index in [2.05, 4.69) is 20.6 Å². The Labute approximate surface area is 117 Å². The third kappa shape index (κ3) is 3.39. The van der Waals surface area contributed by atoms with Gasteiger partial charge in [0, 0.05) is 18.4 Å². The molecule has 2 rings (SSSR count). The third-order valence-electron chi connectivity index (χ3n) is 2.98. The maximum absolute atomic E-state index is 12.1. The second kappa shape index (κ2) is 6.76. The van der Waals surface area contributed by atoms with E-state index in [1.807, 2.05) is 13.0 Å². The number of carbonyl (C=O) groups excluding carboxylic acids is 1. The largest absolute Gasteiger partial charge is 0.346 e. The van der Waals surface area contributed by atoms with Crippen LogP contribution in [0.3, 0.4) is 0 Å². The van der Waals surface area contributed by atoms with Crippen LogP contribution in [0.2, 0.25) is 0 Å². The van der Waals surface area contributed by atoms with Crippen LogP contribution in [-0.2, 0) is 13.1 Å². The van der Waals surface area contributed by atoms with E-state index in [-0.39, 0.29) is 5.91 Å². The van der Waals surface area contributed by atoms with Crippen LogP contribution in [-0.4, -0.2) is 32.4 Å². The van der Waals surface area contributed by atoms with E-state index >= 15 is 0 Å². The summed E-state index contributed by atoms with van der Waals surface area (Å²) >= 11 is 0. The van der Waals surface area contributed by atoms with Crippen LogP contribution in [0.4, 0.5) is 0 Å². The molecule has 0 fully saturated rings. The van der Waals surface area contributed by atoms with Crippen molar-refractivity contribution in [3.8, 4) is 0 Å². The molecule has 0 radical (unpaired) electrons. The number of nitrogens with two attached hydrogens (primary N) is 1. The van der Waals surface area contributed by atoms with Crippen LogP contribution in [0.1, 0.15) is 28.2 Å². The van der Waals surface area contributed by atoms with Gasteiger partial charge in [-0.15, -0.1) is 0 Å². The van der Waals surface area contributed by atoms with Gasteiger partial charge < -0.3 is 11.1 Å². The first kappa shape index (κ1) is 14.1. The molecule has 2 heterocycles. The van der Waals surface area contributed by atoms with Gasteiger partial charge in [0.05, 0.1) is 24.0 Å². The molecule has 0 spiro atoms. The summed E-state index contributed by atoms with van der Waals surface area (Å²) in [6, 6.07) is 3.59. The Bertz CT molecular complexity index is 565. The highest BCUT2D eigenvalue weighted by atomic mass is 16.1. The molecular weight excluding hydrogens is 256 g/mol. The van der Waals surface area contributed by atoms with E-state index in [1.165, 1.54) is 0 Å². The van der Waals surface area contributed by atoms with Crippen LogP contribution in [0.15, 0.2) is 24.5 Å². The average molecular weight is 274 g/mol. The molecule has 3 N–H and O–H groups in total. The summed E-state index contributed by atoms with van der Waals surface area (Å²) in [6.07, 6.45) is 4.01. The molecule has 2 aromatic heterocycles. The van der Waals surface area contributed by atoms with E-state index < -0.39 is 0 Å². The first-order valence-electron chi connectivity index (χ1n) is 6.49. The highest BCUT2D eigenvalue weighted by molar-refractivity contribution is 5.94. The van der Waals surface area contributed by atoms with Crippen molar-refractivity contribution in [2.45, 2.75) is 26.4 Å². The molecule has 0 bridgehead atoms. The van der Waals surface area contributed by atoms with Gasteiger partial charge in [0.15, 0.2) is 0 Å². The van der Waals surface area contributed by atoms with E-state index in [0.717, 1.165) is 18.7 Å². The summed E-state index contributed by atoms with van der Waals surface area (Å²) in [5, 5.41) is 14.7. The van der Waals surface area contributed by atoms with Crippen molar-refractivity contribution in [3.63, 3.8) is 0 Å². The fraction of sp³-hybridized carbons (Fsp3) is 0.385. The number of aromatic nitrogens is 4. The number of hydrogen-bond acceptors (Lipinski definition) is 5. The van der Waals surface area contributed by atoms with Crippen molar-refractivity contribution in [1.29, 1.82) is 0 Å². The summed E-state index contributed by atoms with van der Waals surface area (Å²) in [7, 11) is 0. The minimum Gasteiger partial charge on any atom is -0.346 e. The van der Waals surface area contributed by atoms with Crippen molar-refractivity contribution in [1.82, 2.24) is 25.3 Å². The normalized spacial score (nSPS) is 10.5. The minimum absolute atomic E-state index is 0.160. The Morgan fingerprint density at radius 1 is 1.50 bits per heavy atom. The smallest absolute Gasteiger partial charge is 0.255 e. The predicted molar refractivity (Wildman–Crippen MR) is 73.8 cm³/mol. The molecule has 0 aliphatic heterocycles. The van der Waals surface area contributed by atoms with Crippen LogP contribution in [0, 0.1) is 6.92 Å². The Morgan fingerprint density at radius 2 is 2.35 bits per heavy atom. The molecule has 0 saturated carbocycles. The molecule has 1 amide bonds. The lowest BCUT2D eigenvalue weighted by Gasteiger charge is -2.05. The standard InChI is InChI=1S/C13H18N6O/c1-10-12(9-17-19(10)7-3-5-14)13(20)15-8-11-4-2-6-16-18-11/h2,4,6,9H,3,5,7-8,14H2,1H3,(H,15,20). The van der Waals surface area contributed by atoms with Gasteiger partial charge in [-0.3, -0.25) is 9.48 Å². The number of hydrogen-bond donors (Lipinski definition) is 2. The van der Waals surface area contributed by atoms with Gasteiger partial charge in [0.1, 0.15) is 0 Å². The van der Waals surface area contributed by atoms with Crippen molar-refractivity contribution in [2.24, 2.45) is 5.73 Å². The Balaban J connectivity index is 1.97. The van der Waals surface area contributed by atoms with E-state index in [1.54, 1.807) is 23.1 Å². The number of nitrogens with one attached hydrogen (secondary N) is 1. The second-order valence-corrected chi connectivity index (χ2v) is 4.41. The first-order chi connectivity index (χ1) is 9.72. The zero-order valence-electron chi connectivity index (χ0n) is 11.4. The molecular formula is C13H18N6O. The zero-order chi connectivity index (χ0) is 14.4. The van der Waals surface area contributed by atoms with Crippen LogP contribution in [0.25, 0.3) is 0 Å². The second-order valence-electron chi connectivity index (χ2n) is 4.41. The number of carbonyl (C=O) groups is 1. The first-order valence-corrected chi connectivity index (χ1v) is 6.49. The SMILES string of the molecule is Cc1c(C(=O)NCc2cccnn2)cnn1CCCN. The van der Waals surface area contributed by atoms with E-state index in [9.17, 15) is 4.79 Å². The molecule has 0 unspecified atom stereocenters. The lowest BCUT2D eigenvalue weighted by molar-refractivity contribution is 0.0949. The van der Waals surface area contributed by atoms with Gasteiger partial charge in [0.25, 0.3) is 5.91 Å². The van der Waals surface area contributed by atoms with E-state index in [4.69, 9.17) is 5.73 Å². The molecule has 0 saturated heterocycles. The van der Waals surface area contributed by atoms with Gasteiger partial charge in [0.2, 0.25) is 0 Å². The molecule has 0 aromatic carbocycles. The van der Waals surface area contributed by atoms with Crippen molar-refractivity contribution in [3.05, 3.63) is 41.5 Å². The van der Waals surface area contributed by atoms with Crippen molar-refractivity contribution < 1.29 is 4.79 Å². The van der Waals surface area contributed by atoms with Gasteiger partial charge >= 0.3 is 0 Å². The molecule has 0 aliphatic rings. The lowest BCUT2D eigenvalue weighted by Crippen LogP contribution is -2.24. The van der Waals surface area contributed by atoms with Gasteiger partial charge in [-0.2, -0.15) is 15.3 Å². The maximum atomic E-state index is 12.1. The number of aryl methyl sites for hydroxylation is 1. The topological polar surface area (TPSA) is 98.7 Å². The highest BCUT2D eigenvalue weighted by Crippen LogP contribution is 2.08. The van der Waals surface area contributed by atoms with Crippen molar-refractivity contribution >= 4 is 5.91 Å². The van der Waals surface area contributed by atoms with E-state index in [0.29, 0.717) is 24.3 Å². The summed E-state index contributed by atoms with van der Waals surface area (Å²) in [6.45, 7) is 3.55. The maximum Gasteiger partial charge on any atom is 0.255 e. The van der Waals surface area contributed by atoms with Gasteiger partial charge in [-0.1, -0.05) is 0 Å². The molecule has 7 nitrogen and oxygen atoms in total. The summed E-state index contributed by atoms with van der Waals surface area (Å²) in [5.74, 6) is -0.160. The average Bonchev–Trinajstić information content (AvgIpc) is 2.85. The Kier molecular flexibility index (Phi) is 4.78. The lowest BCUT2D eigenvalue weighted by atomic mass is 10.2. The molecule has 0 atom stereocenters. The van der Waals surface area contributed by atoms with Crippen LogP contribution in [0.5, 0.6) is 0 Å². The Morgan fingerprint density at radius 3 is 3.05 bits per heavy atom. The molecule has 0 aliphatic carbocycles. The third-order valence-corrected chi connectivity index (χ3v) is 2.98. The molecule has 2 aromatic rings. The van der Waals surface area contributed by atoms with Gasteiger partial charge in [-0.25, -0.2) is 0 Å². The fourth-order valence-corrected chi connectivity index (χ4v) is 1.83. The fourth-order valence-electron chi connectivity index (χ4n) is 1.83. The monoisotopic (exact) mass is 274 g/mol. The summed E-state index contributed by atoms with van der Waals surface area (Å²) < 4.78 is 1.80. The minimum atomic E-state index is -0.160. The zero-order valence-corrected chi connectivity index (χ0v) is 11.4. The summed E-state index contributed by atoms with van der Waals surface area (Å²) in [4.78, 5) is 12.1. The number of nitrogens with zero attached hydrogens (tertiary/aromatic N) is 4. The molecule has 20 heavy (non-hydrogen) atoms. The summed E-state index contributed by atoms with van der Waals surface area (Å²) in [5.41, 5.74) is 7.61. The Hall–Kier alpha value is -2.28. The highest BCUT2D eigenvalue weighted by Gasteiger charge is 2.13. The number of rotatable bonds is 6. The van der Waals surface area contributed by atoms with Crippen molar-refractivity contribution in [2.75, 3.05) is 6.54 Å². The number of amides is 1. The van der Waals surface area contributed by atoms with Crippen LogP contribution >= 0.6 is 0 Å². The molecule has 7 heteroatoms. The van der Waals surface area contributed by atoms with Crippen LogP contribution < -0.4 is 11.1 Å².